The van der Waals surface area contributed by atoms with Crippen molar-refractivity contribution in [1.82, 2.24) is 0 Å². The molecule has 4 atom stereocenters. The molecule has 0 spiro atoms. The number of benzene rings is 1. The van der Waals surface area contributed by atoms with E-state index < -0.39 is 0 Å². The van der Waals surface area contributed by atoms with Crippen LogP contribution in [0.5, 0.6) is 5.75 Å². The van der Waals surface area contributed by atoms with Crippen LogP contribution in [-0.4, -0.2) is 26.1 Å². The van der Waals surface area contributed by atoms with E-state index in [2.05, 4.69) is 19.1 Å². The Bertz CT molecular complexity index is 609. The van der Waals surface area contributed by atoms with Crippen LogP contribution >= 0.6 is 0 Å². The predicted molar refractivity (Wildman–Crippen MR) is 105 cm³/mol. The van der Waals surface area contributed by atoms with Crippen molar-refractivity contribution in [1.29, 1.82) is 0 Å². The van der Waals surface area contributed by atoms with Gasteiger partial charge in [0.2, 0.25) is 0 Å². The Kier molecular flexibility index (Phi) is 6.74. The first-order valence-electron chi connectivity index (χ1n) is 10.4. The van der Waals surface area contributed by atoms with Crippen molar-refractivity contribution in [2.24, 2.45) is 17.8 Å². The van der Waals surface area contributed by atoms with Crippen molar-refractivity contribution >= 4 is 5.78 Å². The molecule has 0 heterocycles. The van der Waals surface area contributed by atoms with E-state index in [0.717, 1.165) is 44.3 Å². The SMILES string of the molecule is CCCCC[C@@H](CC[C@H]1C(=O)C[C@@H]2Cc3c(cccc3OC)C[C@H]21)OC. The zero-order valence-corrected chi connectivity index (χ0v) is 16.6. The van der Waals surface area contributed by atoms with Crippen LogP contribution in [-0.2, 0) is 22.4 Å². The van der Waals surface area contributed by atoms with E-state index in [1.807, 2.05) is 13.2 Å². The largest absolute Gasteiger partial charge is 0.496 e. The second kappa shape index (κ2) is 9.03. The lowest BCUT2D eigenvalue weighted by Crippen LogP contribution is -2.27. The molecule has 0 aromatic heterocycles. The molecule has 1 aromatic rings. The minimum atomic E-state index is 0.225. The summed E-state index contributed by atoms with van der Waals surface area (Å²) in [7, 11) is 3.56. The molecule has 0 radical (unpaired) electrons. The van der Waals surface area contributed by atoms with Gasteiger partial charge in [0.15, 0.2) is 0 Å². The minimum absolute atomic E-state index is 0.225. The third-order valence-electron chi connectivity index (χ3n) is 6.63. The molecule has 1 fully saturated rings. The first kappa shape index (κ1) is 19.4. The van der Waals surface area contributed by atoms with Crippen LogP contribution in [0.25, 0.3) is 0 Å². The van der Waals surface area contributed by atoms with Gasteiger partial charge in [-0.05, 0) is 61.1 Å². The number of methoxy groups -OCH3 is 2. The normalized spacial score (nSPS) is 25.7. The molecule has 144 valence electrons. The van der Waals surface area contributed by atoms with Gasteiger partial charge < -0.3 is 9.47 Å². The summed E-state index contributed by atoms with van der Waals surface area (Å²) in [6, 6.07) is 6.35. The van der Waals surface area contributed by atoms with E-state index >= 15 is 0 Å². The van der Waals surface area contributed by atoms with Gasteiger partial charge in [-0.3, -0.25) is 4.79 Å². The van der Waals surface area contributed by atoms with Crippen LogP contribution in [0.1, 0.15) is 63.0 Å². The number of fused-ring (bicyclic) bond motifs is 2. The second-order valence-corrected chi connectivity index (χ2v) is 8.14. The fourth-order valence-electron chi connectivity index (χ4n) is 5.14. The zero-order valence-electron chi connectivity index (χ0n) is 16.6. The van der Waals surface area contributed by atoms with Crippen LogP contribution in [0.15, 0.2) is 18.2 Å². The summed E-state index contributed by atoms with van der Waals surface area (Å²) in [5.74, 6) is 2.71. The molecule has 2 aliphatic rings. The maximum absolute atomic E-state index is 12.7. The smallest absolute Gasteiger partial charge is 0.136 e. The molecule has 3 heteroatoms. The maximum Gasteiger partial charge on any atom is 0.136 e. The van der Waals surface area contributed by atoms with E-state index in [4.69, 9.17) is 9.47 Å². The molecule has 0 aliphatic heterocycles. The van der Waals surface area contributed by atoms with Gasteiger partial charge in [-0.2, -0.15) is 0 Å². The zero-order chi connectivity index (χ0) is 18.5. The summed E-state index contributed by atoms with van der Waals surface area (Å²) in [6.07, 6.45) is 9.96. The highest BCUT2D eigenvalue weighted by molar-refractivity contribution is 5.84. The molecular weight excluding hydrogens is 324 g/mol. The predicted octanol–water partition coefficient (Wildman–Crippen LogP) is 4.99. The summed E-state index contributed by atoms with van der Waals surface area (Å²) in [5.41, 5.74) is 2.72. The number of rotatable bonds is 9. The summed E-state index contributed by atoms with van der Waals surface area (Å²) in [4.78, 5) is 12.7. The van der Waals surface area contributed by atoms with Gasteiger partial charge in [-0.1, -0.05) is 38.3 Å². The van der Waals surface area contributed by atoms with E-state index in [1.165, 1.54) is 30.4 Å². The highest BCUT2D eigenvalue weighted by Gasteiger charge is 2.44. The molecule has 3 nitrogen and oxygen atoms in total. The van der Waals surface area contributed by atoms with Crippen molar-refractivity contribution < 1.29 is 14.3 Å². The summed E-state index contributed by atoms with van der Waals surface area (Å²) in [6.45, 7) is 2.23. The van der Waals surface area contributed by atoms with E-state index in [-0.39, 0.29) is 5.92 Å². The Morgan fingerprint density at radius 3 is 2.69 bits per heavy atom. The van der Waals surface area contributed by atoms with Crippen LogP contribution in [0.4, 0.5) is 0 Å². The van der Waals surface area contributed by atoms with Gasteiger partial charge in [-0.15, -0.1) is 0 Å². The van der Waals surface area contributed by atoms with Crippen LogP contribution in [0, 0.1) is 17.8 Å². The Morgan fingerprint density at radius 2 is 1.96 bits per heavy atom. The summed E-state index contributed by atoms with van der Waals surface area (Å²) in [5, 5.41) is 0. The Balaban J connectivity index is 1.63. The number of unbranched alkanes of at least 4 members (excludes halogenated alkanes) is 2. The molecule has 0 saturated heterocycles. The summed E-state index contributed by atoms with van der Waals surface area (Å²) < 4.78 is 11.2. The lowest BCUT2D eigenvalue weighted by molar-refractivity contribution is -0.121. The summed E-state index contributed by atoms with van der Waals surface area (Å²) >= 11 is 0. The molecule has 1 aromatic carbocycles. The second-order valence-electron chi connectivity index (χ2n) is 8.14. The monoisotopic (exact) mass is 358 g/mol. The van der Waals surface area contributed by atoms with Crippen molar-refractivity contribution in [2.75, 3.05) is 14.2 Å². The number of carbonyl (C=O) groups is 1. The Hall–Kier alpha value is -1.35. The van der Waals surface area contributed by atoms with Gasteiger partial charge in [-0.25, -0.2) is 0 Å². The van der Waals surface area contributed by atoms with Crippen molar-refractivity contribution in [3.8, 4) is 5.75 Å². The fraction of sp³-hybridized carbons (Fsp3) is 0.696. The molecule has 0 bridgehead atoms. The third kappa shape index (κ3) is 4.14. The van der Waals surface area contributed by atoms with Gasteiger partial charge >= 0.3 is 0 Å². The quantitative estimate of drug-likeness (QED) is 0.583. The van der Waals surface area contributed by atoms with Crippen LogP contribution < -0.4 is 4.74 Å². The molecule has 0 amide bonds. The van der Waals surface area contributed by atoms with Gasteiger partial charge in [0.1, 0.15) is 11.5 Å². The van der Waals surface area contributed by atoms with E-state index in [1.54, 1.807) is 7.11 Å². The fourth-order valence-corrected chi connectivity index (χ4v) is 5.14. The van der Waals surface area contributed by atoms with Crippen molar-refractivity contribution in [2.45, 2.75) is 70.8 Å². The van der Waals surface area contributed by atoms with Crippen molar-refractivity contribution in [3.05, 3.63) is 29.3 Å². The number of ether oxygens (including phenoxy) is 2. The van der Waals surface area contributed by atoms with Crippen LogP contribution in [0.2, 0.25) is 0 Å². The number of hydrogen-bond acceptors (Lipinski definition) is 3. The average molecular weight is 359 g/mol. The first-order valence-corrected chi connectivity index (χ1v) is 10.4. The van der Waals surface area contributed by atoms with Gasteiger partial charge in [0.05, 0.1) is 13.2 Å². The topological polar surface area (TPSA) is 35.5 Å². The number of Topliss-reactive ketones (excluding diaryl/α,β-unsaturated/α-hetero) is 1. The lowest BCUT2D eigenvalue weighted by atomic mass is 9.73. The average Bonchev–Trinajstić information content (AvgIpc) is 2.96. The van der Waals surface area contributed by atoms with Crippen LogP contribution in [0.3, 0.4) is 0 Å². The van der Waals surface area contributed by atoms with Gasteiger partial charge in [0, 0.05) is 19.4 Å². The lowest BCUT2D eigenvalue weighted by Gasteiger charge is -2.31. The van der Waals surface area contributed by atoms with Gasteiger partial charge in [0.25, 0.3) is 0 Å². The molecule has 2 aliphatic carbocycles. The van der Waals surface area contributed by atoms with E-state index in [0.29, 0.717) is 23.7 Å². The molecule has 0 unspecified atom stereocenters. The highest BCUT2D eigenvalue weighted by atomic mass is 16.5. The standard InChI is InChI=1S/C23H34O3/c1-4-5-6-9-18(25-2)11-12-19-20-13-16-8-7-10-23(26-3)21(16)14-17(20)15-22(19)24/h7-8,10,17-20H,4-6,9,11-15H2,1-3H3/t17-,18-,19+,20+/m0/s1. The number of carbonyl (C=O) groups excluding carboxylic acids is 1. The molecular formula is C23H34O3. The highest BCUT2D eigenvalue weighted by Crippen LogP contribution is 2.46. The molecule has 1 saturated carbocycles. The Morgan fingerprint density at radius 1 is 1.12 bits per heavy atom. The Labute approximate surface area is 158 Å². The number of ketones is 1. The maximum atomic E-state index is 12.7. The minimum Gasteiger partial charge on any atom is -0.496 e. The first-order chi connectivity index (χ1) is 12.7. The molecule has 26 heavy (non-hydrogen) atoms. The third-order valence-corrected chi connectivity index (χ3v) is 6.63. The van der Waals surface area contributed by atoms with Crippen molar-refractivity contribution in [3.63, 3.8) is 0 Å². The van der Waals surface area contributed by atoms with E-state index in [9.17, 15) is 4.79 Å². The number of hydrogen-bond donors (Lipinski definition) is 0. The molecule has 3 rings (SSSR count). The molecule has 0 N–H and O–H groups in total.